The molecule has 0 spiro atoms. The number of aromatic hydroxyl groups is 1. The summed E-state index contributed by atoms with van der Waals surface area (Å²) in [6, 6.07) is 27.5. The van der Waals surface area contributed by atoms with Gasteiger partial charge in [-0.05, 0) is 78.0 Å². The third-order valence-corrected chi connectivity index (χ3v) is 7.13. The molecule has 3 aromatic carbocycles. The Kier molecular flexibility index (Phi) is 9.19. The molecule has 201 valence electrons. The number of benzene rings is 3. The van der Waals surface area contributed by atoms with Crippen LogP contribution >= 0.6 is 0 Å². The van der Waals surface area contributed by atoms with Crippen molar-refractivity contribution in [2.45, 2.75) is 58.8 Å². The maximum atomic E-state index is 9.65. The number of aryl methyl sites for hydroxylation is 3. The van der Waals surface area contributed by atoms with E-state index in [1.165, 1.54) is 30.2 Å². The molecule has 0 aliphatic heterocycles. The average molecular weight is 693 g/mol. The van der Waals surface area contributed by atoms with E-state index < -0.39 is 5.89 Å². The summed E-state index contributed by atoms with van der Waals surface area (Å²) in [5.41, 5.74) is 8.25. The second-order valence-corrected chi connectivity index (χ2v) is 10.2. The smallest absolute Gasteiger partial charge is 0.124 e. The van der Waals surface area contributed by atoms with Gasteiger partial charge in [-0.15, -0.1) is 34.9 Å². The van der Waals surface area contributed by atoms with Crippen LogP contribution in [-0.4, -0.2) is 15.1 Å². The Morgan fingerprint density at radius 3 is 2.38 bits per heavy atom. The molecule has 1 saturated carbocycles. The van der Waals surface area contributed by atoms with Crippen LogP contribution in [0.2, 0.25) is 0 Å². The van der Waals surface area contributed by atoms with E-state index in [1.807, 2.05) is 43.5 Å². The van der Waals surface area contributed by atoms with Gasteiger partial charge in [0.05, 0.1) is 5.69 Å². The van der Waals surface area contributed by atoms with E-state index >= 15 is 0 Å². The molecule has 4 heteroatoms. The standard InChI is InChI=1S/C23H24N.C12H11NO.Ir/c1-16-12-17(2)14-21(13-16)23-22-9-8-19(15-20(22)10-11-24-23)18-6-4-3-5-7-18;1-9-5-6-12(14)10(8-9)11-4-2-3-7-13-11;/h8-13,15,18H,3-7H2,1-2H3;2-8,14H,1H3;/q-1;;/i18D;;. The zero-order chi connectivity index (χ0) is 27.4. The number of fused-ring (bicyclic) bond motifs is 1. The molecule has 1 aliphatic rings. The van der Waals surface area contributed by atoms with E-state index in [4.69, 9.17) is 1.37 Å². The van der Waals surface area contributed by atoms with Gasteiger partial charge in [0.2, 0.25) is 0 Å². The third kappa shape index (κ3) is 7.01. The van der Waals surface area contributed by atoms with E-state index in [9.17, 15) is 5.11 Å². The molecule has 5 aromatic rings. The van der Waals surface area contributed by atoms with Crippen molar-refractivity contribution in [2.75, 3.05) is 0 Å². The summed E-state index contributed by atoms with van der Waals surface area (Å²) in [7, 11) is 0. The molecule has 1 radical (unpaired) electrons. The first kappa shape index (κ1) is 27.2. The topological polar surface area (TPSA) is 46.0 Å². The largest absolute Gasteiger partial charge is 0.507 e. The predicted molar refractivity (Wildman–Crippen MR) is 157 cm³/mol. The minimum absolute atomic E-state index is 0. The summed E-state index contributed by atoms with van der Waals surface area (Å²) in [6.45, 7) is 6.18. The first-order valence-corrected chi connectivity index (χ1v) is 13.4. The molecular formula is C35H35IrN2O-. The fraction of sp³-hybridized carbons (Fsp3) is 0.257. The van der Waals surface area contributed by atoms with E-state index in [-0.39, 0.29) is 25.9 Å². The molecule has 2 aromatic heterocycles. The monoisotopic (exact) mass is 693 g/mol. The number of phenolic OH excluding ortho intramolecular Hbond substituents is 1. The molecule has 2 heterocycles. The first-order valence-electron chi connectivity index (χ1n) is 13.9. The van der Waals surface area contributed by atoms with Gasteiger partial charge in [-0.2, -0.15) is 0 Å². The van der Waals surface area contributed by atoms with Crippen LogP contribution in [0.4, 0.5) is 0 Å². The molecule has 0 amide bonds. The zero-order valence-electron chi connectivity index (χ0n) is 23.8. The number of hydrogen-bond donors (Lipinski definition) is 1. The summed E-state index contributed by atoms with van der Waals surface area (Å²) >= 11 is 0. The second-order valence-electron chi connectivity index (χ2n) is 10.2. The molecular weight excluding hydrogens is 657 g/mol. The molecule has 1 aliphatic carbocycles. The first-order chi connectivity index (χ1) is 18.8. The molecule has 6 rings (SSSR count). The third-order valence-electron chi connectivity index (χ3n) is 7.13. The quantitative estimate of drug-likeness (QED) is 0.192. The summed E-state index contributed by atoms with van der Waals surface area (Å²) in [4.78, 5) is 8.83. The van der Waals surface area contributed by atoms with Gasteiger partial charge in [0, 0.05) is 39.4 Å². The van der Waals surface area contributed by atoms with E-state index in [0.717, 1.165) is 57.4 Å². The number of hydrogen-bond acceptors (Lipinski definition) is 3. The van der Waals surface area contributed by atoms with Crippen molar-refractivity contribution < 1.29 is 26.6 Å². The SMILES string of the molecule is Cc1ccc(O)c(-c2ccccn2)c1.[2H]C1(c2ccc3c(-c4[c-]c(C)cc(C)c4)nccc3c2)CCCCC1.[Ir]. The summed E-state index contributed by atoms with van der Waals surface area (Å²) in [6.07, 6.45) is 9.15. The Bertz CT molecular complexity index is 1580. The Morgan fingerprint density at radius 1 is 0.821 bits per heavy atom. The molecule has 3 nitrogen and oxygen atoms in total. The summed E-state index contributed by atoms with van der Waals surface area (Å²) in [5.74, 6) is -0.142. The van der Waals surface area contributed by atoms with Gasteiger partial charge in [0.15, 0.2) is 0 Å². The number of phenols is 1. The van der Waals surface area contributed by atoms with Crippen molar-refractivity contribution in [3.05, 3.63) is 114 Å². The van der Waals surface area contributed by atoms with Gasteiger partial charge in [0.1, 0.15) is 5.75 Å². The van der Waals surface area contributed by atoms with Gasteiger partial charge < -0.3 is 10.1 Å². The molecule has 39 heavy (non-hydrogen) atoms. The number of pyridine rings is 2. The normalized spacial score (nSPS) is 14.5. The van der Waals surface area contributed by atoms with Crippen molar-refractivity contribution in [1.82, 2.24) is 9.97 Å². The number of rotatable bonds is 3. The fourth-order valence-corrected chi connectivity index (χ4v) is 5.28. The zero-order valence-corrected chi connectivity index (χ0v) is 25.2. The van der Waals surface area contributed by atoms with Crippen molar-refractivity contribution >= 4 is 10.8 Å². The Balaban J connectivity index is 0.000000210. The molecule has 0 bridgehead atoms. The van der Waals surface area contributed by atoms with E-state index in [0.29, 0.717) is 0 Å². The molecule has 0 saturated heterocycles. The van der Waals surface area contributed by atoms with Crippen molar-refractivity contribution in [1.29, 1.82) is 0 Å². The van der Waals surface area contributed by atoms with Gasteiger partial charge in [-0.25, -0.2) is 0 Å². The van der Waals surface area contributed by atoms with Crippen LogP contribution in [0.25, 0.3) is 33.3 Å². The van der Waals surface area contributed by atoms with E-state index in [2.05, 4.69) is 66.3 Å². The summed E-state index contributed by atoms with van der Waals surface area (Å²) in [5, 5.41) is 12.0. The van der Waals surface area contributed by atoms with Crippen LogP contribution in [0.3, 0.4) is 0 Å². The fourth-order valence-electron chi connectivity index (χ4n) is 5.28. The van der Waals surface area contributed by atoms with Crippen LogP contribution in [0.1, 0.15) is 61.6 Å². The second kappa shape index (κ2) is 13.2. The minimum atomic E-state index is -0.415. The van der Waals surface area contributed by atoms with Crippen LogP contribution in [0.15, 0.2) is 85.2 Å². The Morgan fingerprint density at radius 2 is 1.64 bits per heavy atom. The van der Waals surface area contributed by atoms with Crippen molar-refractivity contribution in [3.8, 4) is 28.3 Å². The molecule has 1 fully saturated rings. The molecule has 1 N–H and O–H groups in total. The number of aromatic nitrogens is 2. The van der Waals surface area contributed by atoms with Crippen molar-refractivity contribution in [2.24, 2.45) is 0 Å². The maximum Gasteiger partial charge on any atom is 0.124 e. The number of nitrogens with zero attached hydrogens (tertiary/aromatic N) is 2. The van der Waals surface area contributed by atoms with Crippen LogP contribution in [0, 0.1) is 26.8 Å². The van der Waals surface area contributed by atoms with Crippen LogP contribution in [0.5, 0.6) is 5.75 Å². The Hall–Kier alpha value is -3.33. The summed E-state index contributed by atoms with van der Waals surface area (Å²) < 4.78 is 8.89. The minimum Gasteiger partial charge on any atom is -0.507 e. The molecule has 0 atom stereocenters. The van der Waals surface area contributed by atoms with Gasteiger partial charge in [0.25, 0.3) is 0 Å². The predicted octanol–water partition coefficient (Wildman–Crippen LogP) is 9.13. The van der Waals surface area contributed by atoms with Crippen molar-refractivity contribution in [3.63, 3.8) is 0 Å². The van der Waals surface area contributed by atoms with Gasteiger partial charge >= 0.3 is 0 Å². The molecule has 0 unspecified atom stereocenters. The van der Waals surface area contributed by atoms with Gasteiger partial charge in [-0.3, -0.25) is 4.98 Å². The average Bonchev–Trinajstić information content (AvgIpc) is 2.94. The maximum absolute atomic E-state index is 9.65. The van der Waals surface area contributed by atoms with Crippen LogP contribution in [-0.2, 0) is 20.1 Å². The van der Waals surface area contributed by atoms with E-state index in [1.54, 1.807) is 12.3 Å². The Labute approximate surface area is 247 Å². The van der Waals surface area contributed by atoms with Crippen LogP contribution < -0.4 is 0 Å². The van der Waals surface area contributed by atoms with Gasteiger partial charge in [-0.1, -0.05) is 69.0 Å².